The van der Waals surface area contributed by atoms with Crippen molar-refractivity contribution in [1.82, 2.24) is 5.32 Å². The molecule has 0 amide bonds. The number of alkyl halides is 4. The first-order valence-corrected chi connectivity index (χ1v) is 9.57. The molecule has 0 saturated carbocycles. The van der Waals surface area contributed by atoms with Crippen LogP contribution in [0.5, 0.6) is 0 Å². The molecule has 0 rings (SSSR count). The highest BCUT2D eigenvalue weighted by Gasteiger charge is 2.64. The van der Waals surface area contributed by atoms with Crippen molar-refractivity contribution in [2.75, 3.05) is 13.1 Å². The molecule has 0 aliphatic heterocycles. The van der Waals surface area contributed by atoms with Crippen LogP contribution in [-0.4, -0.2) is 37.2 Å². The number of unbranched alkanes of at least 4 members (excludes halogenated alkanes) is 5. The molecule has 0 aliphatic rings. The van der Waals surface area contributed by atoms with Crippen molar-refractivity contribution in [2.24, 2.45) is 0 Å². The molecule has 0 aromatic carbocycles. The zero-order chi connectivity index (χ0) is 20.0. The second kappa shape index (κ2) is 13.3. The lowest BCUT2D eigenvalue weighted by Crippen LogP contribution is -2.46. The van der Waals surface area contributed by atoms with Gasteiger partial charge in [0.1, 0.15) is 0 Å². The minimum atomic E-state index is -6.09. The molecule has 0 bridgehead atoms. The summed E-state index contributed by atoms with van der Waals surface area (Å²) in [5, 5.41) is -2.38. The van der Waals surface area contributed by atoms with Gasteiger partial charge in [0.15, 0.2) is 0 Å². The van der Waals surface area contributed by atoms with Gasteiger partial charge in [-0.15, -0.1) is 13.2 Å². The lowest BCUT2D eigenvalue weighted by atomic mass is 10.1. The fourth-order valence-electron chi connectivity index (χ4n) is 1.75. The third kappa shape index (κ3) is 11.3. The second-order valence-corrected chi connectivity index (χ2v) is 6.91. The molecule has 25 heavy (non-hydrogen) atoms. The molecule has 0 fully saturated rings. The van der Waals surface area contributed by atoms with Crippen LogP contribution in [0.25, 0.3) is 0 Å². The topological polar surface area (TPSA) is 66.4 Å². The van der Waals surface area contributed by atoms with Crippen LogP contribution in [0, 0.1) is 0 Å². The summed E-state index contributed by atoms with van der Waals surface area (Å²) < 4.78 is 80.0. The molecular formula is C16H29F4NO3S. The average molecular weight is 391 g/mol. The first kappa shape index (κ1) is 26.3. The molecule has 9 heteroatoms. The number of hydrogen-bond acceptors (Lipinski definition) is 3. The van der Waals surface area contributed by atoms with Crippen LogP contribution >= 0.6 is 0 Å². The molecular weight excluding hydrogens is 362 g/mol. The summed E-state index contributed by atoms with van der Waals surface area (Å²) >= 11 is 0. The van der Waals surface area contributed by atoms with E-state index in [1.54, 1.807) is 0 Å². The Morgan fingerprint density at radius 2 is 1.40 bits per heavy atom. The standard InChI is InChI=1S/C10H18F4O3S.C6H11N/c1-2-3-4-5-6-7-8-9(11,12)10(13,14)18(15,16)17;1-3-5-7-6-4-2/h2-8H2,1H3,(H,15,16,17);3-4,7H,1-2,5-6H2. The summed E-state index contributed by atoms with van der Waals surface area (Å²) in [4.78, 5) is 0. The molecule has 2 N–H and O–H groups in total. The van der Waals surface area contributed by atoms with Gasteiger partial charge in [-0.2, -0.15) is 26.0 Å². The highest BCUT2D eigenvalue weighted by Crippen LogP contribution is 2.41. The largest absolute Gasteiger partial charge is 0.431 e. The molecule has 0 spiro atoms. The molecule has 4 nitrogen and oxygen atoms in total. The van der Waals surface area contributed by atoms with Crippen LogP contribution in [-0.2, 0) is 10.1 Å². The van der Waals surface area contributed by atoms with Crippen LogP contribution in [0.2, 0.25) is 0 Å². The summed E-state index contributed by atoms with van der Waals surface area (Å²) in [5.74, 6) is -4.74. The van der Waals surface area contributed by atoms with Crippen molar-refractivity contribution in [2.45, 2.75) is 63.0 Å². The van der Waals surface area contributed by atoms with Crippen LogP contribution in [0.3, 0.4) is 0 Å². The maximum atomic E-state index is 13.0. The lowest BCUT2D eigenvalue weighted by Gasteiger charge is -2.23. The monoisotopic (exact) mass is 391 g/mol. The van der Waals surface area contributed by atoms with E-state index in [2.05, 4.69) is 18.5 Å². The fraction of sp³-hybridized carbons (Fsp3) is 0.750. The van der Waals surface area contributed by atoms with E-state index in [0.29, 0.717) is 12.8 Å². The highest BCUT2D eigenvalue weighted by atomic mass is 32.2. The van der Waals surface area contributed by atoms with Crippen LogP contribution in [0.4, 0.5) is 17.6 Å². The third-order valence-electron chi connectivity index (χ3n) is 3.17. The van der Waals surface area contributed by atoms with Crippen molar-refractivity contribution in [3.63, 3.8) is 0 Å². The highest BCUT2D eigenvalue weighted by molar-refractivity contribution is 7.87. The van der Waals surface area contributed by atoms with E-state index in [1.807, 2.05) is 19.1 Å². The Morgan fingerprint density at radius 1 is 0.960 bits per heavy atom. The molecule has 0 aromatic rings. The Balaban J connectivity index is 0. The smallest absolute Gasteiger partial charge is 0.310 e. The van der Waals surface area contributed by atoms with Crippen molar-refractivity contribution in [3.8, 4) is 0 Å². The molecule has 0 aromatic heterocycles. The molecule has 0 atom stereocenters. The minimum absolute atomic E-state index is 0.207. The van der Waals surface area contributed by atoms with Gasteiger partial charge in [-0.25, -0.2) is 0 Å². The Kier molecular flexibility index (Phi) is 14.0. The summed E-state index contributed by atoms with van der Waals surface area (Å²) in [6, 6.07) is 0. The first-order valence-electron chi connectivity index (χ1n) is 8.13. The zero-order valence-electron chi connectivity index (χ0n) is 14.6. The van der Waals surface area contributed by atoms with Crippen LogP contribution in [0.1, 0.15) is 51.9 Å². The molecule has 0 unspecified atom stereocenters. The molecule has 150 valence electrons. The quantitative estimate of drug-likeness (QED) is 0.205. The van der Waals surface area contributed by atoms with Crippen molar-refractivity contribution in [1.29, 1.82) is 0 Å². The summed E-state index contributed by atoms with van der Waals surface area (Å²) in [5.41, 5.74) is 0. The third-order valence-corrected chi connectivity index (χ3v) is 4.12. The number of halogens is 4. The van der Waals surface area contributed by atoms with E-state index in [0.717, 1.165) is 32.4 Å². The Bertz CT molecular complexity index is 460. The SMILES string of the molecule is C=CCNCC=C.CCCCCCCCC(F)(F)C(F)(F)S(=O)(=O)O. The molecule has 0 heterocycles. The molecule has 0 aliphatic carbocycles. The average Bonchev–Trinajstić information content (AvgIpc) is 2.50. The Morgan fingerprint density at radius 3 is 1.80 bits per heavy atom. The molecule has 0 radical (unpaired) electrons. The normalized spacial score (nSPS) is 12.2. The van der Waals surface area contributed by atoms with Gasteiger partial charge in [-0.05, 0) is 6.42 Å². The lowest BCUT2D eigenvalue weighted by molar-refractivity contribution is -0.164. The van der Waals surface area contributed by atoms with Gasteiger partial charge in [0.25, 0.3) is 0 Å². The maximum Gasteiger partial charge on any atom is 0.431 e. The van der Waals surface area contributed by atoms with Gasteiger partial charge in [0, 0.05) is 19.5 Å². The van der Waals surface area contributed by atoms with E-state index in [9.17, 15) is 26.0 Å². The van der Waals surface area contributed by atoms with Gasteiger partial charge >= 0.3 is 21.3 Å². The predicted molar refractivity (Wildman–Crippen MR) is 92.7 cm³/mol. The Labute approximate surface area is 148 Å². The van der Waals surface area contributed by atoms with Gasteiger partial charge in [-0.3, -0.25) is 4.55 Å². The van der Waals surface area contributed by atoms with Crippen LogP contribution < -0.4 is 5.32 Å². The van der Waals surface area contributed by atoms with E-state index >= 15 is 0 Å². The summed E-state index contributed by atoms with van der Waals surface area (Å²) in [6.45, 7) is 10.8. The minimum Gasteiger partial charge on any atom is -0.310 e. The number of hydrogen-bond donors (Lipinski definition) is 2. The Hall–Kier alpha value is -0.930. The summed E-state index contributed by atoms with van der Waals surface area (Å²) in [7, 11) is -6.09. The van der Waals surface area contributed by atoms with E-state index in [1.165, 1.54) is 0 Å². The van der Waals surface area contributed by atoms with Gasteiger partial charge in [0.05, 0.1) is 0 Å². The summed E-state index contributed by atoms with van der Waals surface area (Å²) in [6.07, 6.45) is 5.89. The maximum absolute atomic E-state index is 13.0. The predicted octanol–water partition coefficient (Wildman–Crippen LogP) is 4.80. The number of rotatable bonds is 13. The van der Waals surface area contributed by atoms with Gasteiger partial charge < -0.3 is 5.32 Å². The van der Waals surface area contributed by atoms with Crippen molar-refractivity contribution >= 4 is 10.1 Å². The fourth-order valence-corrected chi connectivity index (χ4v) is 2.23. The van der Waals surface area contributed by atoms with Gasteiger partial charge in [-0.1, -0.05) is 51.2 Å². The van der Waals surface area contributed by atoms with E-state index < -0.39 is 27.7 Å². The molecule has 0 saturated heterocycles. The van der Waals surface area contributed by atoms with Gasteiger partial charge in [0.2, 0.25) is 0 Å². The number of nitrogens with one attached hydrogen (secondary N) is 1. The van der Waals surface area contributed by atoms with E-state index in [4.69, 9.17) is 4.55 Å². The first-order chi connectivity index (χ1) is 11.5. The van der Waals surface area contributed by atoms with Crippen molar-refractivity contribution < 1.29 is 30.5 Å². The second-order valence-electron chi connectivity index (χ2n) is 5.45. The van der Waals surface area contributed by atoms with Crippen LogP contribution in [0.15, 0.2) is 25.3 Å². The van der Waals surface area contributed by atoms with Crippen molar-refractivity contribution in [3.05, 3.63) is 25.3 Å². The van der Waals surface area contributed by atoms with E-state index in [-0.39, 0.29) is 6.42 Å². The zero-order valence-corrected chi connectivity index (χ0v) is 15.4.